The summed E-state index contributed by atoms with van der Waals surface area (Å²) < 4.78 is 11.5. The van der Waals surface area contributed by atoms with E-state index in [-0.39, 0.29) is 6.61 Å². The van der Waals surface area contributed by atoms with Crippen LogP contribution >= 0.6 is 27.5 Å². The zero-order chi connectivity index (χ0) is 17.4. The van der Waals surface area contributed by atoms with Crippen molar-refractivity contribution in [2.24, 2.45) is 0 Å². The lowest BCUT2D eigenvalue weighted by molar-refractivity contribution is -0.136. The maximum Gasteiger partial charge on any atom is 0.331 e. The molecule has 0 N–H and O–H groups in total. The fourth-order valence-corrected chi connectivity index (χ4v) is 2.31. The first-order valence-corrected chi connectivity index (χ1v) is 8.20. The highest BCUT2D eigenvalue weighted by Gasteiger charge is 2.03. The first-order valence-electron chi connectivity index (χ1n) is 7.03. The van der Waals surface area contributed by atoms with Crippen LogP contribution in [0, 0.1) is 12.3 Å². The number of ether oxygens (including phenoxy) is 2. The third kappa shape index (κ3) is 5.77. The van der Waals surface area contributed by atoms with E-state index in [1.807, 2.05) is 24.3 Å². The van der Waals surface area contributed by atoms with Crippen LogP contribution in [-0.2, 0) is 16.1 Å². The van der Waals surface area contributed by atoms with Crippen LogP contribution in [0.25, 0.3) is 6.08 Å². The van der Waals surface area contributed by atoms with Crippen LogP contribution in [0.1, 0.15) is 11.1 Å². The van der Waals surface area contributed by atoms with Gasteiger partial charge in [-0.1, -0.05) is 51.7 Å². The molecule has 0 saturated carbocycles. The number of hydrogen-bond acceptors (Lipinski definition) is 3. The summed E-state index contributed by atoms with van der Waals surface area (Å²) in [5, 5.41) is 0.464. The van der Waals surface area contributed by atoms with E-state index >= 15 is 0 Å². The Labute approximate surface area is 154 Å². The molecule has 0 radical (unpaired) electrons. The number of terminal acetylenes is 1. The topological polar surface area (TPSA) is 35.5 Å². The van der Waals surface area contributed by atoms with Crippen LogP contribution < -0.4 is 4.74 Å². The molecule has 0 aliphatic carbocycles. The van der Waals surface area contributed by atoms with E-state index in [0.717, 1.165) is 15.6 Å². The first-order chi connectivity index (χ1) is 11.6. The standard InChI is InChI=1S/C19H14BrClO3/c1-2-11-23-19(22)10-6-14-5-9-18(17(21)12-14)24-13-15-3-7-16(20)8-4-15/h1,3-10,12H,11,13H2/b10-6+. The molecule has 2 rings (SSSR count). The second kappa shape index (κ2) is 9.17. The summed E-state index contributed by atoms with van der Waals surface area (Å²) in [7, 11) is 0. The quantitative estimate of drug-likeness (QED) is 0.391. The van der Waals surface area contributed by atoms with E-state index < -0.39 is 5.97 Å². The minimum absolute atomic E-state index is 0.0488. The number of esters is 1. The first kappa shape index (κ1) is 18.1. The average molecular weight is 406 g/mol. The molecular weight excluding hydrogens is 392 g/mol. The van der Waals surface area contributed by atoms with Crippen molar-refractivity contribution in [1.29, 1.82) is 0 Å². The Kier molecular flexibility index (Phi) is 6.92. The van der Waals surface area contributed by atoms with Gasteiger partial charge >= 0.3 is 5.97 Å². The molecule has 122 valence electrons. The summed E-state index contributed by atoms with van der Waals surface area (Å²) in [4.78, 5) is 11.3. The van der Waals surface area contributed by atoms with Crippen LogP contribution in [-0.4, -0.2) is 12.6 Å². The molecule has 24 heavy (non-hydrogen) atoms. The van der Waals surface area contributed by atoms with Gasteiger partial charge in [0.05, 0.1) is 5.02 Å². The van der Waals surface area contributed by atoms with Gasteiger partial charge < -0.3 is 9.47 Å². The molecule has 0 bridgehead atoms. The molecule has 2 aromatic carbocycles. The normalized spacial score (nSPS) is 10.4. The molecule has 5 heteroatoms. The maximum atomic E-state index is 11.3. The summed E-state index contributed by atoms with van der Waals surface area (Å²) in [5.74, 6) is 2.30. The van der Waals surface area contributed by atoms with Gasteiger partial charge in [0.1, 0.15) is 12.4 Å². The Morgan fingerprint density at radius 2 is 2.00 bits per heavy atom. The average Bonchev–Trinajstić information content (AvgIpc) is 2.58. The van der Waals surface area contributed by atoms with Gasteiger partial charge in [-0.25, -0.2) is 4.79 Å². The van der Waals surface area contributed by atoms with Crippen molar-refractivity contribution in [3.05, 3.63) is 69.2 Å². The van der Waals surface area contributed by atoms with Crippen LogP contribution in [0.2, 0.25) is 5.02 Å². The molecule has 0 unspecified atom stereocenters. The van der Waals surface area contributed by atoms with E-state index in [9.17, 15) is 4.79 Å². The van der Waals surface area contributed by atoms with Crippen LogP contribution in [0.4, 0.5) is 0 Å². The van der Waals surface area contributed by atoms with Crippen LogP contribution in [0.15, 0.2) is 53.0 Å². The molecule has 0 amide bonds. The Bertz CT molecular complexity index is 776. The fourth-order valence-electron chi connectivity index (χ4n) is 1.80. The molecule has 0 aromatic heterocycles. The zero-order valence-electron chi connectivity index (χ0n) is 12.7. The molecule has 0 aliphatic heterocycles. The largest absolute Gasteiger partial charge is 0.487 e. The molecule has 3 nitrogen and oxygen atoms in total. The zero-order valence-corrected chi connectivity index (χ0v) is 15.0. The highest BCUT2D eigenvalue weighted by Crippen LogP contribution is 2.27. The summed E-state index contributed by atoms with van der Waals surface area (Å²) in [6, 6.07) is 13.1. The van der Waals surface area contributed by atoms with Gasteiger partial charge in [0.15, 0.2) is 6.61 Å². The number of benzene rings is 2. The van der Waals surface area contributed by atoms with Crippen molar-refractivity contribution in [2.45, 2.75) is 6.61 Å². The number of carbonyl (C=O) groups excluding carboxylic acids is 1. The molecule has 0 spiro atoms. The summed E-state index contributed by atoms with van der Waals surface area (Å²) >= 11 is 9.60. The third-order valence-electron chi connectivity index (χ3n) is 2.97. The van der Waals surface area contributed by atoms with E-state index in [1.165, 1.54) is 6.08 Å². The predicted octanol–water partition coefficient (Wildman–Crippen LogP) is 4.87. The monoisotopic (exact) mass is 404 g/mol. The number of hydrogen-bond donors (Lipinski definition) is 0. The summed E-state index contributed by atoms with van der Waals surface area (Å²) in [6.07, 6.45) is 7.91. The molecule has 2 aromatic rings. The molecule has 0 fully saturated rings. The van der Waals surface area contributed by atoms with Crippen molar-refractivity contribution in [1.82, 2.24) is 0 Å². The van der Waals surface area contributed by atoms with E-state index in [1.54, 1.807) is 24.3 Å². The SMILES string of the molecule is C#CCOC(=O)/C=C/c1ccc(OCc2ccc(Br)cc2)c(Cl)c1. The molecular formula is C19H14BrClO3. The van der Waals surface area contributed by atoms with Gasteiger partial charge in [-0.2, -0.15) is 0 Å². The Morgan fingerprint density at radius 3 is 2.67 bits per heavy atom. The summed E-state index contributed by atoms with van der Waals surface area (Å²) in [6.45, 7) is 0.368. The Morgan fingerprint density at radius 1 is 1.25 bits per heavy atom. The highest BCUT2D eigenvalue weighted by atomic mass is 79.9. The minimum Gasteiger partial charge on any atom is -0.487 e. The Hall–Kier alpha value is -2.22. The second-order valence-electron chi connectivity index (χ2n) is 4.75. The minimum atomic E-state index is -0.500. The smallest absolute Gasteiger partial charge is 0.331 e. The lowest BCUT2D eigenvalue weighted by Crippen LogP contribution is -1.99. The van der Waals surface area contributed by atoms with E-state index in [2.05, 4.69) is 21.9 Å². The second-order valence-corrected chi connectivity index (χ2v) is 6.07. The summed E-state index contributed by atoms with van der Waals surface area (Å²) in [5.41, 5.74) is 1.79. The van der Waals surface area contributed by atoms with Gasteiger partial charge in [0, 0.05) is 10.5 Å². The molecule has 0 atom stereocenters. The van der Waals surface area contributed by atoms with Gasteiger partial charge in [-0.3, -0.25) is 0 Å². The van der Waals surface area contributed by atoms with Crippen LogP contribution in [0.3, 0.4) is 0 Å². The van der Waals surface area contributed by atoms with Crippen molar-refractivity contribution >= 4 is 39.6 Å². The van der Waals surface area contributed by atoms with Crippen molar-refractivity contribution in [3.8, 4) is 18.1 Å². The lowest BCUT2D eigenvalue weighted by Gasteiger charge is -2.09. The van der Waals surface area contributed by atoms with Gasteiger partial charge in [0.2, 0.25) is 0 Å². The van der Waals surface area contributed by atoms with Crippen molar-refractivity contribution in [3.63, 3.8) is 0 Å². The van der Waals surface area contributed by atoms with Crippen molar-refractivity contribution in [2.75, 3.05) is 6.61 Å². The number of halogens is 2. The van der Waals surface area contributed by atoms with Gasteiger partial charge in [0.25, 0.3) is 0 Å². The molecule has 0 heterocycles. The van der Waals surface area contributed by atoms with Gasteiger partial charge in [-0.15, -0.1) is 6.42 Å². The molecule has 0 saturated heterocycles. The number of rotatable bonds is 6. The van der Waals surface area contributed by atoms with Crippen LogP contribution in [0.5, 0.6) is 5.75 Å². The van der Waals surface area contributed by atoms with Crippen molar-refractivity contribution < 1.29 is 14.3 Å². The van der Waals surface area contributed by atoms with E-state index in [4.69, 9.17) is 27.5 Å². The lowest BCUT2D eigenvalue weighted by atomic mass is 10.2. The highest BCUT2D eigenvalue weighted by molar-refractivity contribution is 9.10. The Balaban J connectivity index is 1.96. The number of carbonyl (C=O) groups is 1. The predicted molar refractivity (Wildman–Crippen MR) is 98.8 cm³/mol. The maximum absolute atomic E-state index is 11.3. The van der Waals surface area contributed by atoms with E-state index in [0.29, 0.717) is 17.4 Å². The molecule has 0 aliphatic rings. The fraction of sp³-hybridized carbons (Fsp3) is 0.105. The third-order valence-corrected chi connectivity index (χ3v) is 3.80. The van der Waals surface area contributed by atoms with Gasteiger partial charge in [-0.05, 0) is 41.5 Å².